The van der Waals surface area contributed by atoms with Crippen LogP contribution in [0.15, 0.2) is 10.6 Å². The molecular weight excluding hydrogens is 194 g/mol. The molecule has 0 aromatic carbocycles. The lowest BCUT2D eigenvalue weighted by Gasteiger charge is -2.26. The third kappa shape index (κ3) is 2.79. The van der Waals surface area contributed by atoms with Crippen LogP contribution in [0.25, 0.3) is 0 Å². The van der Waals surface area contributed by atoms with Crippen molar-refractivity contribution < 1.29 is 9.32 Å². The zero-order valence-electron chi connectivity index (χ0n) is 8.75. The van der Waals surface area contributed by atoms with Crippen LogP contribution in [0.4, 0.5) is 0 Å². The third-order valence-corrected chi connectivity index (χ3v) is 2.48. The Labute approximate surface area is 88.2 Å². The highest BCUT2D eigenvalue weighted by Crippen LogP contribution is 2.08. The summed E-state index contributed by atoms with van der Waals surface area (Å²) in [6.07, 6.45) is 0.597. The Morgan fingerprint density at radius 1 is 1.73 bits per heavy atom. The highest BCUT2D eigenvalue weighted by molar-refractivity contribution is 5.76. The molecule has 1 aliphatic heterocycles. The Balaban J connectivity index is 1.70. The van der Waals surface area contributed by atoms with Crippen molar-refractivity contribution in [2.75, 3.05) is 13.1 Å². The lowest BCUT2D eigenvalue weighted by atomic mass is 9.99. The summed E-state index contributed by atoms with van der Waals surface area (Å²) in [5.74, 6) is 1.28. The molecule has 0 spiro atoms. The van der Waals surface area contributed by atoms with E-state index in [-0.39, 0.29) is 5.91 Å². The van der Waals surface area contributed by atoms with E-state index in [0.717, 1.165) is 18.8 Å². The molecule has 1 amide bonds. The first kappa shape index (κ1) is 10.2. The average molecular weight is 209 g/mol. The number of amides is 1. The summed E-state index contributed by atoms with van der Waals surface area (Å²) in [7, 11) is 0. The van der Waals surface area contributed by atoms with E-state index in [1.807, 2.05) is 13.0 Å². The highest BCUT2D eigenvalue weighted by Gasteiger charge is 2.19. The van der Waals surface area contributed by atoms with Crippen LogP contribution >= 0.6 is 0 Å². The number of aryl methyl sites for hydroxylation is 1. The zero-order valence-corrected chi connectivity index (χ0v) is 8.75. The zero-order chi connectivity index (χ0) is 10.7. The van der Waals surface area contributed by atoms with Gasteiger partial charge in [0.2, 0.25) is 5.91 Å². The Hall–Kier alpha value is -1.36. The van der Waals surface area contributed by atoms with Gasteiger partial charge in [-0.1, -0.05) is 5.16 Å². The lowest BCUT2D eigenvalue weighted by Crippen LogP contribution is -2.44. The first-order valence-electron chi connectivity index (χ1n) is 5.13. The fourth-order valence-electron chi connectivity index (χ4n) is 1.51. The summed E-state index contributed by atoms with van der Waals surface area (Å²) in [6, 6.07) is 1.82. The molecule has 1 aliphatic rings. The van der Waals surface area contributed by atoms with Crippen LogP contribution in [0, 0.1) is 12.8 Å². The summed E-state index contributed by atoms with van der Waals surface area (Å²) >= 11 is 0. The molecule has 2 N–H and O–H groups in total. The first-order chi connectivity index (χ1) is 7.24. The lowest BCUT2D eigenvalue weighted by molar-refractivity contribution is -0.122. The monoisotopic (exact) mass is 209 g/mol. The summed E-state index contributed by atoms with van der Waals surface area (Å²) in [5, 5.41) is 9.69. The van der Waals surface area contributed by atoms with E-state index in [1.54, 1.807) is 0 Å². The Kier molecular flexibility index (Phi) is 3.01. The van der Waals surface area contributed by atoms with Crippen molar-refractivity contribution in [3.8, 4) is 0 Å². The van der Waals surface area contributed by atoms with Crippen molar-refractivity contribution in [1.29, 1.82) is 0 Å². The highest BCUT2D eigenvalue weighted by atomic mass is 16.5. The Bertz CT molecular complexity index is 344. The van der Waals surface area contributed by atoms with Crippen LogP contribution in [0.2, 0.25) is 0 Å². The number of hydrogen-bond donors (Lipinski definition) is 2. The minimum absolute atomic E-state index is 0.0792. The normalized spacial score (nSPS) is 16.1. The fourth-order valence-corrected chi connectivity index (χ4v) is 1.51. The van der Waals surface area contributed by atoms with Gasteiger partial charge in [0.15, 0.2) is 5.76 Å². The van der Waals surface area contributed by atoms with E-state index in [0.29, 0.717) is 24.6 Å². The van der Waals surface area contributed by atoms with E-state index < -0.39 is 0 Å². The predicted octanol–water partition coefficient (Wildman–Crippen LogP) is 0.209. The maximum absolute atomic E-state index is 11.4. The first-order valence-corrected chi connectivity index (χ1v) is 5.13. The van der Waals surface area contributed by atoms with Gasteiger partial charge in [-0.15, -0.1) is 0 Å². The van der Waals surface area contributed by atoms with Crippen LogP contribution in [0.1, 0.15) is 17.9 Å². The van der Waals surface area contributed by atoms with E-state index in [1.165, 1.54) is 0 Å². The van der Waals surface area contributed by atoms with Gasteiger partial charge < -0.3 is 15.2 Å². The van der Waals surface area contributed by atoms with E-state index >= 15 is 0 Å². The molecule has 0 bridgehead atoms. The molecule has 2 heterocycles. The smallest absolute Gasteiger partial charge is 0.220 e. The van der Waals surface area contributed by atoms with Gasteiger partial charge in [-0.3, -0.25) is 4.79 Å². The number of carbonyl (C=O) groups is 1. The molecular formula is C10H15N3O2. The van der Waals surface area contributed by atoms with Crippen LogP contribution in [-0.4, -0.2) is 24.2 Å². The van der Waals surface area contributed by atoms with Crippen molar-refractivity contribution in [2.45, 2.75) is 19.9 Å². The van der Waals surface area contributed by atoms with Gasteiger partial charge >= 0.3 is 0 Å². The van der Waals surface area contributed by atoms with Gasteiger partial charge in [-0.05, 0) is 25.9 Å². The topological polar surface area (TPSA) is 67.2 Å². The van der Waals surface area contributed by atoms with Crippen LogP contribution in [0.5, 0.6) is 0 Å². The van der Waals surface area contributed by atoms with Crippen molar-refractivity contribution in [1.82, 2.24) is 15.8 Å². The molecule has 0 radical (unpaired) electrons. The molecule has 0 saturated carbocycles. The summed E-state index contributed by atoms with van der Waals surface area (Å²) < 4.78 is 4.98. The number of nitrogens with zero attached hydrogens (tertiary/aromatic N) is 1. The largest absolute Gasteiger partial charge is 0.359 e. The maximum Gasteiger partial charge on any atom is 0.220 e. The molecule has 5 heteroatoms. The molecule has 82 valence electrons. The Morgan fingerprint density at radius 2 is 2.53 bits per heavy atom. The molecule has 0 atom stereocenters. The predicted molar refractivity (Wildman–Crippen MR) is 54.1 cm³/mol. The number of nitrogens with one attached hydrogen (secondary N) is 2. The molecule has 0 aliphatic carbocycles. The van der Waals surface area contributed by atoms with Gasteiger partial charge in [-0.25, -0.2) is 0 Å². The second-order valence-corrected chi connectivity index (χ2v) is 3.94. The van der Waals surface area contributed by atoms with Gasteiger partial charge in [0.05, 0.1) is 12.2 Å². The number of hydrogen-bond acceptors (Lipinski definition) is 4. The van der Waals surface area contributed by atoms with Gasteiger partial charge in [0, 0.05) is 12.5 Å². The fraction of sp³-hybridized carbons (Fsp3) is 0.600. The van der Waals surface area contributed by atoms with Crippen LogP contribution in [0.3, 0.4) is 0 Å². The number of aromatic nitrogens is 1. The van der Waals surface area contributed by atoms with E-state index in [2.05, 4.69) is 15.8 Å². The summed E-state index contributed by atoms with van der Waals surface area (Å²) in [4.78, 5) is 11.4. The standard InChI is InChI=1S/C10H15N3O2/c1-7-2-9(15-13-7)6-12-10(14)3-8-4-11-5-8/h2,8,11H,3-6H2,1H3,(H,12,14). The van der Waals surface area contributed by atoms with Gasteiger partial charge in [-0.2, -0.15) is 0 Å². The second kappa shape index (κ2) is 4.44. The molecule has 1 saturated heterocycles. The molecule has 1 aromatic heterocycles. The van der Waals surface area contributed by atoms with Crippen molar-refractivity contribution in [2.24, 2.45) is 5.92 Å². The minimum Gasteiger partial charge on any atom is -0.359 e. The number of carbonyl (C=O) groups excluding carboxylic acids is 1. The molecule has 15 heavy (non-hydrogen) atoms. The van der Waals surface area contributed by atoms with Crippen molar-refractivity contribution in [3.05, 3.63) is 17.5 Å². The van der Waals surface area contributed by atoms with E-state index in [4.69, 9.17) is 4.52 Å². The molecule has 1 aromatic rings. The minimum atomic E-state index is 0.0792. The van der Waals surface area contributed by atoms with Gasteiger partial charge in [0.1, 0.15) is 0 Å². The number of rotatable bonds is 4. The van der Waals surface area contributed by atoms with E-state index in [9.17, 15) is 4.79 Å². The van der Waals surface area contributed by atoms with Crippen LogP contribution in [-0.2, 0) is 11.3 Å². The van der Waals surface area contributed by atoms with Crippen LogP contribution < -0.4 is 10.6 Å². The molecule has 1 fully saturated rings. The quantitative estimate of drug-likeness (QED) is 0.743. The summed E-state index contributed by atoms with van der Waals surface area (Å²) in [5.41, 5.74) is 0.836. The molecule has 2 rings (SSSR count). The average Bonchev–Trinajstić information content (AvgIpc) is 2.55. The SMILES string of the molecule is Cc1cc(CNC(=O)CC2CNC2)on1. The summed E-state index contributed by atoms with van der Waals surface area (Å²) in [6.45, 7) is 4.19. The van der Waals surface area contributed by atoms with Crippen molar-refractivity contribution in [3.63, 3.8) is 0 Å². The van der Waals surface area contributed by atoms with Gasteiger partial charge in [0.25, 0.3) is 0 Å². The third-order valence-electron chi connectivity index (χ3n) is 2.48. The molecule has 5 nitrogen and oxygen atoms in total. The maximum atomic E-state index is 11.4. The van der Waals surface area contributed by atoms with Crippen molar-refractivity contribution >= 4 is 5.91 Å². The molecule has 0 unspecified atom stereocenters. The second-order valence-electron chi connectivity index (χ2n) is 3.94. The Morgan fingerprint density at radius 3 is 3.07 bits per heavy atom.